The predicted octanol–water partition coefficient (Wildman–Crippen LogP) is 3.79. The molecule has 1 heterocycles. The molecule has 1 aromatic carbocycles. The highest BCUT2D eigenvalue weighted by Crippen LogP contribution is 2.26. The number of benzene rings is 1. The van der Waals surface area contributed by atoms with Crippen molar-refractivity contribution in [1.29, 1.82) is 0 Å². The zero-order valence-electron chi connectivity index (χ0n) is 13.4. The number of hydrogen-bond donors (Lipinski definition) is 2. The van der Waals surface area contributed by atoms with Gasteiger partial charge in [0.05, 0.1) is 11.4 Å². The average Bonchev–Trinajstić information content (AvgIpc) is 2.75. The number of rotatable bonds is 6. The van der Waals surface area contributed by atoms with Gasteiger partial charge in [0.15, 0.2) is 0 Å². The Morgan fingerprint density at radius 2 is 1.86 bits per heavy atom. The minimum absolute atomic E-state index is 0.296. The van der Waals surface area contributed by atoms with E-state index in [1.165, 1.54) is 5.56 Å². The van der Waals surface area contributed by atoms with Crippen LogP contribution in [-0.4, -0.2) is 15.8 Å². The van der Waals surface area contributed by atoms with Crippen LogP contribution in [0.15, 0.2) is 30.3 Å². The van der Waals surface area contributed by atoms with Gasteiger partial charge in [-0.25, -0.2) is 4.68 Å². The maximum Gasteiger partial charge on any atom is 0.148 e. The summed E-state index contributed by atoms with van der Waals surface area (Å²) in [6.45, 7) is 8.38. The van der Waals surface area contributed by atoms with Crippen molar-refractivity contribution in [2.24, 2.45) is 0 Å². The number of nitrogens with two attached hydrogens (primary N) is 1. The lowest BCUT2D eigenvalue weighted by atomic mass is 10.1. The molecule has 3 N–H and O–H groups in total. The second-order valence-electron chi connectivity index (χ2n) is 5.96. The third kappa shape index (κ3) is 3.78. The zero-order valence-corrected chi connectivity index (χ0v) is 13.4. The fourth-order valence-electron chi connectivity index (χ4n) is 2.41. The second-order valence-corrected chi connectivity index (χ2v) is 5.96. The van der Waals surface area contributed by atoms with Gasteiger partial charge in [-0.3, -0.25) is 0 Å². The van der Waals surface area contributed by atoms with Crippen molar-refractivity contribution in [3.63, 3.8) is 0 Å². The third-order valence-corrected chi connectivity index (χ3v) is 3.71. The second kappa shape index (κ2) is 6.66. The molecule has 114 valence electrons. The van der Waals surface area contributed by atoms with Gasteiger partial charge in [0, 0.05) is 12.1 Å². The maximum atomic E-state index is 6.15. The Balaban J connectivity index is 2.01. The molecule has 21 heavy (non-hydrogen) atoms. The summed E-state index contributed by atoms with van der Waals surface area (Å²) in [4.78, 5) is 0. The van der Waals surface area contributed by atoms with Gasteiger partial charge in [0.2, 0.25) is 0 Å². The number of aromatic nitrogens is 2. The van der Waals surface area contributed by atoms with Gasteiger partial charge in [0.25, 0.3) is 0 Å². The summed E-state index contributed by atoms with van der Waals surface area (Å²) in [5.41, 5.74) is 9.17. The molecule has 1 aromatic heterocycles. The normalized spacial score (nSPS) is 12.6. The van der Waals surface area contributed by atoms with Gasteiger partial charge >= 0.3 is 0 Å². The molecular formula is C17H26N4. The van der Waals surface area contributed by atoms with Crippen LogP contribution in [-0.2, 0) is 6.42 Å². The van der Waals surface area contributed by atoms with Crippen LogP contribution < -0.4 is 11.1 Å². The van der Waals surface area contributed by atoms with E-state index in [0.717, 1.165) is 30.0 Å². The van der Waals surface area contributed by atoms with Gasteiger partial charge in [-0.05, 0) is 46.1 Å². The van der Waals surface area contributed by atoms with Crippen LogP contribution >= 0.6 is 0 Å². The Kier molecular flexibility index (Phi) is 4.89. The summed E-state index contributed by atoms with van der Waals surface area (Å²) in [6, 6.07) is 11.2. The van der Waals surface area contributed by atoms with Gasteiger partial charge < -0.3 is 11.1 Å². The Morgan fingerprint density at radius 1 is 1.19 bits per heavy atom. The van der Waals surface area contributed by atoms with Gasteiger partial charge in [-0.15, -0.1) is 0 Å². The first kappa shape index (κ1) is 15.4. The average molecular weight is 286 g/mol. The summed E-state index contributed by atoms with van der Waals surface area (Å²) in [5.74, 6) is 0.947. The van der Waals surface area contributed by atoms with E-state index in [1.807, 2.05) is 11.6 Å². The molecule has 0 spiro atoms. The van der Waals surface area contributed by atoms with Crippen LogP contribution in [0.4, 0.5) is 11.5 Å². The van der Waals surface area contributed by atoms with Crippen molar-refractivity contribution < 1.29 is 0 Å². The van der Waals surface area contributed by atoms with E-state index >= 15 is 0 Å². The molecule has 0 aliphatic heterocycles. The first-order valence-electron chi connectivity index (χ1n) is 7.64. The van der Waals surface area contributed by atoms with E-state index in [4.69, 9.17) is 5.73 Å². The summed E-state index contributed by atoms with van der Waals surface area (Å²) in [7, 11) is 0. The predicted molar refractivity (Wildman–Crippen MR) is 89.6 cm³/mol. The monoisotopic (exact) mass is 286 g/mol. The first-order valence-corrected chi connectivity index (χ1v) is 7.64. The SMILES string of the molecule is Cc1nn(C(C)C)c(NC(C)CCc2ccccc2)c1N. The Morgan fingerprint density at radius 3 is 2.48 bits per heavy atom. The van der Waals surface area contributed by atoms with Crippen molar-refractivity contribution in [3.05, 3.63) is 41.6 Å². The van der Waals surface area contributed by atoms with Gasteiger partial charge in [-0.2, -0.15) is 5.10 Å². The quantitative estimate of drug-likeness (QED) is 0.849. The Labute approximate surface area is 127 Å². The molecule has 0 radical (unpaired) electrons. The van der Waals surface area contributed by atoms with Crippen LogP contribution in [0, 0.1) is 6.92 Å². The summed E-state index contributed by atoms with van der Waals surface area (Å²) in [5, 5.41) is 8.04. The molecule has 0 amide bonds. The van der Waals surface area contributed by atoms with Crippen molar-refractivity contribution in [1.82, 2.24) is 9.78 Å². The van der Waals surface area contributed by atoms with Crippen LogP contribution in [0.3, 0.4) is 0 Å². The van der Waals surface area contributed by atoms with E-state index < -0.39 is 0 Å². The minimum Gasteiger partial charge on any atom is -0.394 e. The minimum atomic E-state index is 0.296. The fourth-order valence-corrected chi connectivity index (χ4v) is 2.41. The molecule has 2 aromatic rings. The highest BCUT2D eigenvalue weighted by Gasteiger charge is 2.16. The molecule has 0 aliphatic carbocycles. The van der Waals surface area contributed by atoms with Crippen LogP contribution in [0.2, 0.25) is 0 Å². The molecule has 0 aliphatic rings. The van der Waals surface area contributed by atoms with E-state index in [-0.39, 0.29) is 0 Å². The van der Waals surface area contributed by atoms with Crippen molar-refractivity contribution in [2.45, 2.75) is 52.6 Å². The standard InChI is InChI=1S/C17H26N4/c1-12(2)21-17(16(18)14(4)20-21)19-13(3)10-11-15-8-6-5-7-9-15/h5-9,12-13,19H,10-11,18H2,1-4H3. The van der Waals surface area contributed by atoms with Crippen LogP contribution in [0.5, 0.6) is 0 Å². The van der Waals surface area contributed by atoms with E-state index in [2.05, 4.69) is 61.5 Å². The Hall–Kier alpha value is -1.97. The van der Waals surface area contributed by atoms with Crippen LogP contribution in [0.1, 0.15) is 44.5 Å². The summed E-state index contributed by atoms with van der Waals surface area (Å²) in [6.07, 6.45) is 2.12. The number of anilines is 2. The number of nitrogens with zero attached hydrogens (tertiary/aromatic N) is 2. The van der Waals surface area contributed by atoms with Gasteiger partial charge in [-0.1, -0.05) is 30.3 Å². The van der Waals surface area contributed by atoms with Crippen molar-refractivity contribution in [2.75, 3.05) is 11.1 Å². The van der Waals surface area contributed by atoms with Gasteiger partial charge in [0.1, 0.15) is 5.82 Å². The lowest BCUT2D eigenvalue weighted by Gasteiger charge is -2.18. The molecule has 1 atom stereocenters. The fraction of sp³-hybridized carbons (Fsp3) is 0.471. The first-order chi connectivity index (χ1) is 9.99. The third-order valence-electron chi connectivity index (χ3n) is 3.71. The molecule has 0 bridgehead atoms. The van der Waals surface area contributed by atoms with E-state index in [9.17, 15) is 0 Å². The largest absolute Gasteiger partial charge is 0.394 e. The molecule has 4 nitrogen and oxygen atoms in total. The van der Waals surface area contributed by atoms with Crippen molar-refractivity contribution >= 4 is 11.5 Å². The lowest BCUT2D eigenvalue weighted by molar-refractivity contribution is 0.529. The zero-order chi connectivity index (χ0) is 15.4. The maximum absolute atomic E-state index is 6.15. The number of hydrogen-bond acceptors (Lipinski definition) is 3. The number of nitrogens with one attached hydrogen (secondary N) is 1. The highest BCUT2D eigenvalue weighted by molar-refractivity contribution is 5.65. The Bertz CT molecular complexity index is 572. The lowest BCUT2D eigenvalue weighted by Crippen LogP contribution is -2.20. The van der Waals surface area contributed by atoms with Crippen molar-refractivity contribution in [3.8, 4) is 0 Å². The molecule has 0 saturated heterocycles. The van der Waals surface area contributed by atoms with E-state index in [1.54, 1.807) is 0 Å². The topological polar surface area (TPSA) is 55.9 Å². The molecule has 1 unspecified atom stereocenters. The summed E-state index contributed by atoms with van der Waals surface area (Å²) < 4.78 is 1.98. The molecule has 4 heteroatoms. The van der Waals surface area contributed by atoms with E-state index in [0.29, 0.717) is 12.1 Å². The molecular weight excluding hydrogens is 260 g/mol. The molecule has 0 fully saturated rings. The smallest absolute Gasteiger partial charge is 0.148 e. The summed E-state index contributed by atoms with van der Waals surface area (Å²) >= 11 is 0. The molecule has 2 rings (SSSR count). The molecule has 0 saturated carbocycles. The highest BCUT2D eigenvalue weighted by atomic mass is 15.4. The number of aryl methyl sites for hydroxylation is 2. The number of nitrogen functional groups attached to an aromatic ring is 1. The van der Waals surface area contributed by atoms with Crippen LogP contribution in [0.25, 0.3) is 0 Å².